The lowest BCUT2D eigenvalue weighted by Crippen LogP contribution is -2.40. The van der Waals surface area contributed by atoms with Crippen molar-refractivity contribution < 1.29 is 14.6 Å². The van der Waals surface area contributed by atoms with Gasteiger partial charge in [-0.2, -0.15) is 0 Å². The number of amides is 1. The van der Waals surface area contributed by atoms with E-state index in [1.54, 1.807) is 11.9 Å². The van der Waals surface area contributed by atoms with Crippen molar-refractivity contribution in [1.29, 1.82) is 0 Å². The lowest BCUT2D eigenvalue weighted by atomic mass is 9.82. The van der Waals surface area contributed by atoms with E-state index in [2.05, 4.69) is 0 Å². The summed E-state index contributed by atoms with van der Waals surface area (Å²) in [5.74, 6) is 0.00714. The molecule has 0 bridgehead atoms. The SMILES string of the molecule is CN(CCOCc1ccccc1)C(=O)CC1(O)CCCCC1. The highest BCUT2D eigenvalue weighted by atomic mass is 16.5. The lowest BCUT2D eigenvalue weighted by Gasteiger charge is -2.32. The Labute approximate surface area is 133 Å². The third-order valence-electron chi connectivity index (χ3n) is 4.37. The van der Waals surface area contributed by atoms with Crippen LogP contribution in [0, 0.1) is 0 Å². The predicted molar refractivity (Wildman–Crippen MR) is 86.4 cm³/mol. The van der Waals surface area contributed by atoms with Crippen LogP contribution in [0.15, 0.2) is 30.3 Å². The van der Waals surface area contributed by atoms with Gasteiger partial charge in [0.25, 0.3) is 0 Å². The van der Waals surface area contributed by atoms with Crippen LogP contribution in [0.25, 0.3) is 0 Å². The first-order chi connectivity index (χ1) is 10.6. The standard InChI is InChI=1S/C18H27NO3/c1-19(12-13-22-15-16-8-4-2-5-9-16)17(20)14-18(21)10-6-3-7-11-18/h2,4-5,8-9,21H,3,6-7,10-15H2,1H3. The van der Waals surface area contributed by atoms with Crippen LogP contribution in [-0.2, 0) is 16.1 Å². The number of nitrogens with zero attached hydrogens (tertiary/aromatic N) is 1. The highest BCUT2D eigenvalue weighted by Crippen LogP contribution is 2.31. The first kappa shape index (κ1) is 17.0. The zero-order valence-corrected chi connectivity index (χ0v) is 13.5. The topological polar surface area (TPSA) is 49.8 Å². The Morgan fingerprint density at radius 3 is 2.59 bits per heavy atom. The molecule has 122 valence electrons. The highest BCUT2D eigenvalue weighted by Gasteiger charge is 2.32. The minimum Gasteiger partial charge on any atom is -0.389 e. The third-order valence-corrected chi connectivity index (χ3v) is 4.37. The van der Waals surface area contributed by atoms with E-state index in [0.717, 1.165) is 31.2 Å². The summed E-state index contributed by atoms with van der Waals surface area (Å²) >= 11 is 0. The fraction of sp³-hybridized carbons (Fsp3) is 0.611. The van der Waals surface area contributed by atoms with Gasteiger partial charge >= 0.3 is 0 Å². The van der Waals surface area contributed by atoms with Gasteiger partial charge in [0.05, 0.1) is 25.2 Å². The molecule has 1 N–H and O–H groups in total. The Bertz CT molecular complexity index is 455. The maximum Gasteiger partial charge on any atom is 0.225 e. The van der Waals surface area contributed by atoms with Gasteiger partial charge < -0.3 is 14.7 Å². The number of benzene rings is 1. The van der Waals surface area contributed by atoms with E-state index in [0.29, 0.717) is 19.8 Å². The number of carbonyl (C=O) groups excluding carboxylic acids is 1. The molecule has 0 saturated heterocycles. The van der Waals surface area contributed by atoms with Crippen LogP contribution in [0.2, 0.25) is 0 Å². The minimum atomic E-state index is -0.783. The lowest BCUT2D eigenvalue weighted by molar-refractivity contribution is -0.137. The average molecular weight is 305 g/mol. The molecule has 0 aromatic heterocycles. The number of likely N-dealkylation sites (N-methyl/N-ethyl adjacent to an activating group) is 1. The number of ether oxygens (including phenoxy) is 1. The molecule has 0 spiro atoms. The van der Waals surface area contributed by atoms with Gasteiger partial charge in [-0.1, -0.05) is 49.6 Å². The van der Waals surface area contributed by atoms with E-state index in [1.807, 2.05) is 30.3 Å². The fourth-order valence-corrected chi connectivity index (χ4v) is 2.89. The van der Waals surface area contributed by atoms with E-state index in [1.165, 1.54) is 6.42 Å². The van der Waals surface area contributed by atoms with Crippen molar-refractivity contribution in [3.8, 4) is 0 Å². The Hall–Kier alpha value is -1.39. The van der Waals surface area contributed by atoms with E-state index in [-0.39, 0.29) is 12.3 Å². The number of hydrogen-bond acceptors (Lipinski definition) is 3. The Morgan fingerprint density at radius 1 is 1.23 bits per heavy atom. The van der Waals surface area contributed by atoms with Gasteiger partial charge in [-0.15, -0.1) is 0 Å². The second-order valence-corrected chi connectivity index (χ2v) is 6.32. The summed E-state index contributed by atoms with van der Waals surface area (Å²) in [7, 11) is 1.78. The largest absolute Gasteiger partial charge is 0.389 e. The summed E-state index contributed by atoms with van der Waals surface area (Å²) in [6.45, 7) is 1.63. The quantitative estimate of drug-likeness (QED) is 0.788. The molecule has 22 heavy (non-hydrogen) atoms. The van der Waals surface area contributed by atoms with Gasteiger partial charge in [-0.3, -0.25) is 4.79 Å². The van der Waals surface area contributed by atoms with Crippen LogP contribution < -0.4 is 0 Å². The Morgan fingerprint density at radius 2 is 1.91 bits per heavy atom. The van der Waals surface area contributed by atoms with Gasteiger partial charge in [0, 0.05) is 13.6 Å². The van der Waals surface area contributed by atoms with Gasteiger partial charge in [0.1, 0.15) is 0 Å². The predicted octanol–water partition coefficient (Wildman–Crippen LogP) is 2.75. The third kappa shape index (κ3) is 5.43. The summed E-state index contributed by atoms with van der Waals surface area (Å²) < 4.78 is 5.60. The maximum atomic E-state index is 12.2. The Kier molecular flexibility index (Phi) is 6.40. The van der Waals surface area contributed by atoms with E-state index >= 15 is 0 Å². The molecule has 4 heteroatoms. The maximum absolute atomic E-state index is 12.2. The van der Waals surface area contributed by atoms with Crippen molar-refractivity contribution >= 4 is 5.91 Å². The van der Waals surface area contributed by atoms with Crippen molar-refractivity contribution in [3.63, 3.8) is 0 Å². The van der Waals surface area contributed by atoms with Gasteiger partial charge in [0.15, 0.2) is 0 Å². The summed E-state index contributed by atoms with van der Waals surface area (Å²) in [5.41, 5.74) is 0.349. The second kappa shape index (κ2) is 8.30. The molecule has 0 aliphatic heterocycles. The van der Waals surface area contributed by atoms with Gasteiger partial charge in [-0.25, -0.2) is 0 Å². The molecule has 1 fully saturated rings. The van der Waals surface area contributed by atoms with Crippen LogP contribution >= 0.6 is 0 Å². The van der Waals surface area contributed by atoms with Crippen LogP contribution in [-0.4, -0.2) is 41.7 Å². The van der Waals surface area contributed by atoms with Crippen LogP contribution in [0.1, 0.15) is 44.1 Å². The molecule has 1 saturated carbocycles. The minimum absolute atomic E-state index is 0.00714. The first-order valence-electron chi connectivity index (χ1n) is 8.17. The molecule has 0 atom stereocenters. The fourth-order valence-electron chi connectivity index (χ4n) is 2.89. The van der Waals surface area contributed by atoms with E-state index in [4.69, 9.17) is 4.74 Å². The van der Waals surface area contributed by atoms with Crippen molar-refractivity contribution in [2.24, 2.45) is 0 Å². The monoisotopic (exact) mass is 305 g/mol. The summed E-state index contributed by atoms with van der Waals surface area (Å²) in [5, 5.41) is 10.4. The van der Waals surface area contributed by atoms with E-state index in [9.17, 15) is 9.90 Å². The van der Waals surface area contributed by atoms with Crippen LogP contribution in [0.3, 0.4) is 0 Å². The summed E-state index contributed by atoms with van der Waals surface area (Å²) in [6, 6.07) is 9.99. The number of carbonyl (C=O) groups is 1. The molecule has 0 unspecified atom stereocenters. The zero-order chi connectivity index (χ0) is 15.8. The average Bonchev–Trinajstić information content (AvgIpc) is 2.52. The zero-order valence-electron chi connectivity index (χ0n) is 13.5. The number of rotatable bonds is 7. The van der Waals surface area contributed by atoms with Crippen molar-refractivity contribution in [2.75, 3.05) is 20.2 Å². The molecule has 1 aliphatic carbocycles. The molecular formula is C18H27NO3. The Balaban J connectivity index is 1.66. The van der Waals surface area contributed by atoms with Crippen molar-refractivity contribution in [3.05, 3.63) is 35.9 Å². The molecule has 1 aliphatic rings. The van der Waals surface area contributed by atoms with Gasteiger partial charge in [-0.05, 0) is 18.4 Å². The summed E-state index contributed by atoms with van der Waals surface area (Å²) in [4.78, 5) is 13.9. The molecule has 0 radical (unpaired) electrons. The number of aliphatic hydroxyl groups is 1. The molecular weight excluding hydrogens is 278 g/mol. The molecule has 1 aromatic rings. The van der Waals surface area contributed by atoms with Gasteiger partial charge in [0.2, 0.25) is 5.91 Å². The van der Waals surface area contributed by atoms with Crippen LogP contribution in [0.4, 0.5) is 0 Å². The number of hydrogen-bond donors (Lipinski definition) is 1. The van der Waals surface area contributed by atoms with E-state index < -0.39 is 5.60 Å². The summed E-state index contributed by atoms with van der Waals surface area (Å²) in [6.07, 6.45) is 4.94. The second-order valence-electron chi connectivity index (χ2n) is 6.32. The highest BCUT2D eigenvalue weighted by molar-refractivity contribution is 5.77. The van der Waals surface area contributed by atoms with Crippen molar-refractivity contribution in [2.45, 2.75) is 50.7 Å². The molecule has 1 aromatic carbocycles. The normalized spacial score (nSPS) is 17.2. The first-order valence-corrected chi connectivity index (χ1v) is 8.17. The molecule has 4 nitrogen and oxygen atoms in total. The molecule has 0 heterocycles. The van der Waals surface area contributed by atoms with Crippen LogP contribution in [0.5, 0.6) is 0 Å². The molecule has 2 rings (SSSR count). The van der Waals surface area contributed by atoms with Crippen molar-refractivity contribution in [1.82, 2.24) is 4.90 Å². The molecule has 1 amide bonds. The smallest absolute Gasteiger partial charge is 0.225 e.